The maximum absolute atomic E-state index is 11.8. The Balaban J connectivity index is 1.84. The molecule has 7 nitrogen and oxygen atoms in total. The Bertz CT molecular complexity index is 593. The highest BCUT2D eigenvalue weighted by Gasteiger charge is 2.06. The Labute approximate surface area is 109 Å². The lowest BCUT2D eigenvalue weighted by atomic mass is 10.2. The lowest BCUT2D eigenvalue weighted by molar-refractivity contribution is -0.122. The van der Waals surface area contributed by atoms with E-state index in [1.54, 1.807) is 24.5 Å². The number of rotatable bonds is 6. The Morgan fingerprint density at radius 2 is 2.26 bits per heavy atom. The first kappa shape index (κ1) is 13.0. The number of carbonyl (C=O) groups excluding carboxylic acids is 2. The van der Waals surface area contributed by atoms with Gasteiger partial charge in [0.25, 0.3) is 5.91 Å². The van der Waals surface area contributed by atoms with Crippen molar-refractivity contribution in [3.63, 3.8) is 0 Å². The predicted octanol–water partition coefficient (Wildman–Crippen LogP) is -0.205. The summed E-state index contributed by atoms with van der Waals surface area (Å²) in [5.41, 5.74) is 7.05. The Morgan fingerprint density at radius 1 is 1.42 bits per heavy atom. The van der Waals surface area contributed by atoms with E-state index in [0.717, 1.165) is 11.0 Å². The third kappa shape index (κ3) is 3.52. The first-order chi connectivity index (χ1) is 9.16. The number of fused-ring (bicyclic) bond motifs is 1. The molecule has 100 valence electrons. The van der Waals surface area contributed by atoms with E-state index in [1.165, 1.54) is 0 Å². The normalized spacial score (nSPS) is 10.5. The molecule has 0 atom stereocenters. The van der Waals surface area contributed by atoms with Gasteiger partial charge in [0, 0.05) is 12.1 Å². The summed E-state index contributed by atoms with van der Waals surface area (Å²) in [4.78, 5) is 29.2. The minimum atomic E-state index is -0.531. The van der Waals surface area contributed by atoms with Gasteiger partial charge in [-0.15, -0.1) is 0 Å². The van der Waals surface area contributed by atoms with Crippen LogP contribution in [-0.4, -0.2) is 41.5 Å². The summed E-state index contributed by atoms with van der Waals surface area (Å²) < 4.78 is 4.93. The Hall–Kier alpha value is -2.41. The molecule has 7 heteroatoms. The van der Waals surface area contributed by atoms with E-state index in [0.29, 0.717) is 12.1 Å². The first-order valence-electron chi connectivity index (χ1n) is 5.74. The molecule has 2 rings (SSSR count). The molecule has 0 aliphatic rings. The van der Waals surface area contributed by atoms with Crippen LogP contribution in [0.2, 0.25) is 0 Å². The monoisotopic (exact) mass is 262 g/mol. The molecule has 1 aromatic heterocycles. The van der Waals surface area contributed by atoms with Gasteiger partial charge in [0.1, 0.15) is 6.61 Å². The molecule has 0 saturated heterocycles. The average molecular weight is 262 g/mol. The summed E-state index contributed by atoms with van der Waals surface area (Å²) in [6.07, 6.45) is 1.57. The molecule has 0 bridgehead atoms. The molecule has 19 heavy (non-hydrogen) atoms. The lowest BCUT2D eigenvalue weighted by Gasteiger charge is -2.05. The molecule has 0 saturated carbocycles. The molecule has 1 heterocycles. The lowest BCUT2D eigenvalue weighted by Crippen LogP contribution is -2.28. The summed E-state index contributed by atoms with van der Waals surface area (Å²) in [6.45, 7) is 0.407. The minimum absolute atomic E-state index is 0.143. The zero-order valence-corrected chi connectivity index (χ0v) is 10.2. The second-order valence-electron chi connectivity index (χ2n) is 3.91. The van der Waals surface area contributed by atoms with Crippen molar-refractivity contribution in [1.82, 2.24) is 15.3 Å². The number of carbonyl (C=O) groups is 2. The number of nitrogens with zero attached hydrogens (tertiary/aromatic N) is 1. The number of amides is 2. The molecule has 1 aromatic carbocycles. The molecule has 4 N–H and O–H groups in total. The second-order valence-corrected chi connectivity index (χ2v) is 3.91. The van der Waals surface area contributed by atoms with E-state index in [-0.39, 0.29) is 19.1 Å². The van der Waals surface area contributed by atoms with Crippen molar-refractivity contribution >= 4 is 22.8 Å². The molecular formula is C12H14N4O3. The summed E-state index contributed by atoms with van der Waals surface area (Å²) in [7, 11) is 0. The highest BCUT2D eigenvalue weighted by atomic mass is 16.5. The molecule has 2 amide bonds. The van der Waals surface area contributed by atoms with Crippen molar-refractivity contribution in [3.8, 4) is 0 Å². The fraction of sp³-hybridized carbons (Fsp3) is 0.250. The Morgan fingerprint density at radius 3 is 3.05 bits per heavy atom. The summed E-state index contributed by atoms with van der Waals surface area (Å²) >= 11 is 0. The number of imidazole rings is 1. The van der Waals surface area contributed by atoms with Crippen LogP contribution in [0, 0.1) is 0 Å². The molecule has 0 fully saturated rings. The van der Waals surface area contributed by atoms with Gasteiger partial charge in [-0.05, 0) is 18.2 Å². The van der Waals surface area contributed by atoms with Crippen LogP contribution in [0.15, 0.2) is 24.5 Å². The molecule has 0 unspecified atom stereocenters. The van der Waals surface area contributed by atoms with Gasteiger partial charge >= 0.3 is 0 Å². The molecular weight excluding hydrogens is 248 g/mol. The number of aromatic nitrogens is 2. The van der Waals surface area contributed by atoms with Crippen LogP contribution in [0.25, 0.3) is 11.0 Å². The largest absolute Gasteiger partial charge is 0.370 e. The fourth-order valence-electron chi connectivity index (χ4n) is 1.59. The SMILES string of the molecule is NC(=O)COCCNC(=O)c1ccc2nc[nH]c2c1. The van der Waals surface area contributed by atoms with E-state index in [1.807, 2.05) is 0 Å². The minimum Gasteiger partial charge on any atom is -0.370 e. The van der Waals surface area contributed by atoms with Crippen LogP contribution >= 0.6 is 0 Å². The van der Waals surface area contributed by atoms with Gasteiger partial charge in [-0.1, -0.05) is 0 Å². The highest BCUT2D eigenvalue weighted by molar-refractivity contribution is 5.97. The van der Waals surface area contributed by atoms with Gasteiger partial charge in [0.15, 0.2) is 0 Å². The number of nitrogens with one attached hydrogen (secondary N) is 2. The van der Waals surface area contributed by atoms with Crippen LogP contribution in [-0.2, 0) is 9.53 Å². The first-order valence-corrected chi connectivity index (χ1v) is 5.74. The summed E-state index contributed by atoms with van der Waals surface area (Å²) in [5, 5.41) is 2.68. The number of nitrogens with two attached hydrogens (primary N) is 1. The fourth-order valence-corrected chi connectivity index (χ4v) is 1.59. The molecule has 0 aliphatic carbocycles. The van der Waals surface area contributed by atoms with Crippen molar-refractivity contribution in [2.75, 3.05) is 19.8 Å². The Kier molecular flexibility index (Phi) is 4.09. The zero-order chi connectivity index (χ0) is 13.7. The van der Waals surface area contributed by atoms with E-state index < -0.39 is 5.91 Å². The van der Waals surface area contributed by atoms with Crippen molar-refractivity contribution in [3.05, 3.63) is 30.1 Å². The van der Waals surface area contributed by atoms with Crippen molar-refractivity contribution < 1.29 is 14.3 Å². The molecule has 2 aromatic rings. The molecule has 0 spiro atoms. The van der Waals surface area contributed by atoms with Gasteiger partial charge in [0.2, 0.25) is 5.91 Å². The van der Waals surface area contributed by atoms with Crippen LogP contribution in [0.1, 0.15) is 10.4 Å². The van der Waals surface area contributed by atoms with Crippen LogP contribution in [0.3, 0.4) is 0 Å². The van der Waals surface area contributed by atoms with E-state index in [4.69, 9.17) is 10.5 Å². The van der Waals surface area contributed by atoms with E-state index >= 15 is 0 Å². The summed E-state index contributed by atoms with van der Waals surface area (Å²) in [6, 6.07) is 5.19. The van der Waals surface area contributed by atoms with Crippen LogP contribution < -0.4 is 11.1 Å². The zero-order valence-electron chi connectivity index (χ0n) is 10.2. The topological polar surface area (TPSA) is 110 Å². The number of hydrogen-bond donors (Lipinski definition) is 3. The standard InChI is InChI=1S/C12H14N4O3/c13-11(17)6-19-4-3-14-12(18)8-1-2-9-10(5-8)16-7-15-9/h1-2,5,7H,3-4,6H2,(H2,13,17)(H,14,18)(H,15,16). The number of primary amides is 1. The third-order valence-electron chi connectivity index (χ3n) is 2.46. The number of aromatic amines is 1. The number of H-pyrrole nitrogens is 1. The van der Waals surface area contributed by atoms with Gasteiger partial charge in [0.05, 0.1) is 24.0 Å². The smallest absolute Gasteiger partial charge is 0.251 e. The number of ether oxygens (including phenoxy) is 1. The third-order valence-corrected chi connectivity index (χ3v) is 2.46. The van der Waals surface area contributed by atoms with Crippen molar-refractivity contribution in [2.45, 2.75) is 0 Å². The quantitative estimate of drug-likeness (QED) is 0.626. The van der Waals surface area contributed by atoms with Crippen molar-refractivity contribution in [1.29, 1.82) is 0 Å². The number of hydrogen-bond acceptors (Lipinski definition) is 4. The summed E-state index contributed by atoms with van der Waals surface area (Å²) in [5.74, 6) is -0.741. The second kappa shape index (κ2) is 5.96. The number of benzene rings is 1. The van der Waals surface area contributed by atoms with E-state index in [9.17, 15) is 9.59 Å². The van der Waals surface area contributed by atoms with Crippen molar-refractivity contribution in [2.24, 2.45) is 5.73 Å². The molecule has 0 aliphatic heterocycles. The van der Waals surface area contributed by atoms with Gasteiger partial charge in [-0.2, -0.15) is 0 Å². The van der Waals surface area contributed by atoms with Crippen LogP contribution in [0.5, 0.6) is 0 Å². The van der Waals surface area contributed by atoms with E-state index in [2.05, 4.69) is 15.3 Å². The molecule has 0 radical (unpaired) electrons. The predicted molar refractivity (Wildman–Crippen MR) is 68.4 cm³/mol. The van der Waals surface area contributed by atoms with Gasteiger partial charge in [-0.25, -0.2) is 4.98 Å². The average Bonchev–Trinajstić information content (AvgIpc) is 2.84. The highest BCUT2D eigenvalue weighted by Crippen LogP contribution is 2.11. The van der Waals surface area contributed by atoms with Gasteiger partial charge in [-0.3, -0.25) is 9.59 Å². The maximum atomic E-state index is 11.8. The van der Waals surface area contributed by atoms with Gasteiger partial charge < -0.3 is 20.8 Å². The van der Waals surface area contributed by atoms with Crippen LogP contribution in [0.4, 0.5) is 0 Å². The maximum Gasteiger partial charge on any atom is 0.251 e.